The molecule has 1 aromatic carbocycles. The standard InChI is InChI=1S/C21H31N3O4S/c1-28-19-6-3-15(4-7-19)14-22-21(25)23-18-8-10-24(11-9-18)29(26,27)20-13-16-2-5-17(20)12-16/h3-4,6-7,16-18,20H,2,5,8-14H2,1H3,(H2,22,23,25). The monoisotopic (exact) mass is 421 g/mol. The minimum atomic E-state index is -3.20. The molecule has 1 aromatic rings. The van der Waals surface area contributed by atoms with Gasteiger partial charge in [-0.15, -0.1) is 0 Å². The van der Waals surface area contributed by atoms with Crippen LogP contribution in [-0.4, -0.2) is 50.2 Å². The Morgan fingerprint density at radius 2 is 1.83 bits per heavy atom. The molecular weight excluding hydrogens is 390 g/mol. The van der Waals surface area contributed by atoms with Gasteiger partial charge in [0, 0.05) is 25.7 Å². The van der Waals surface area contributed by atoms with E-state index in [2.05, 4.69) is 10.6 Å². The number of nitrogens with one attached hydrogen (secondary N) is 2. The molecule has 8 heteroatoms. The number of fused-ring (bicyclic) bond motifs is 2. The van der Waals surface area contributed by atoms with Crippen LogP contribution in [0.5, 0.6) is 5.75 Å². The molecular formula is C21H31N3O4S. The second kappa shape index (κ2) is 8.52. The summed E-state index contributed by atoms with van der Waals surface area (Å²) in [7, 11) is -1.58. The molecule has 29 heavy (non-hydrogen) atoms. The summed E-state index contributed by atoms with van der Waals surface area (Å²) in [5, 5.41) is 5.68. The number of piperidine rings is 1. The lowest BCUT2D eigenvalue weighted by Crippen LogP contribution is -2.51. The highest BCUT2D eigenvalue weighted by atomic mass is 32.2. The van der Waals surface area contributed by atoms with E-state index in [-0.39, 0.29) is 17.3 Å². The van der Waals surface area contributed by atoms with Crippen molar-refractivity contribution in [2.45, 2.75) is 56.4 Å². The Bertz CT molecular complexity index is 819. The average Bonchev–Trinajstić information content (AvgIpc) is 3.37. The Kier molecular flexibility index (Phi) is 6.01. The zero-order chi connectivity index (χ0) is 20.4. The van der Waals surface area contributed by atoms with Gasteiger partial charge in [0.05, 0.1) is 12.4 Å². The summed E-state index contributed by atoms with van der Waals surface area (Å²) in [5.74, 6) is 1.77. The SMILES string of the molecule is COc1ccc(CNC(=O)NC2CCN(S(=O)(=O)C3CC4CCC3C4)CC2)cc1. The first-order valence-corrected chi connectivity index (χ1v) is 12.1. The normalized spacial score (nSPS) is 27.7. The first kappa shape index (κ1) is 20.5. The highest BCUT2D eigenvalue weighted by molar-refractivity contribution is 7.89. The van der Waals surface area contributed by atoms with Gasteiger partial charge in [-0.2, -0.15) is 0 Å². The fourth-order valence-electron chi connectivity index (χ4n) is 5.16. The largest absolute Gasteiger partial charge is 0.497 e. The van der Waals surface area contributed by atoms with E-state index in [0.29, 0.717) is 44.3 Å². The van der Waals surface area contributed by atoms with Gasteiger partial charge < -0.3 is 15.4 Å². The molecule has 3 aliphatic rings. The number of ether oxygens (including phenoxy) is 1. The van der Waals surface area contributed by atoms with E-state index in [1.54, 1.807) is 11.4 Å². The smallest absolute Gasteiger partial charge is 0.315 e. The molecule has 160 valence electrons. The summed E-state index contributed by atoms with van der Waals surface area (Å²) >= 11 is 0. The molecule has 3 fully saturated rings. The van der Waals surface area contributed by atoms with E-state index in [0.717, 1.165) is 30.6 Å². The number of nitrogens with zero attached hydrogens (tertiary/aromatic N) is 1. The molecule has 1 saturated heterocycles. The Hall–Kier alpha value is -1.80. The molecule has 2 aliphatic carbocycles. The van der Waals surface area contributed by atoms with Gasteiger partial charge in [0.1, 0.15) is 5.75 Å². The lowest BCUT2D eigenvalue weighted by Gasteiger charge is -2.35. The Balaban J connectivity index is 1.21. The van der Waals surface area contributed by atoms with Crippen molar-refractivity contribution in [1.29, 1.82) is 0 Å². The maximum Gasteiger partial charge on any atom is 0.315 e. The van der Waals surface area contributed by atoms with Crippen molar-refractivity contribution in [1.82, 2.24) is 14.9 Å². The Morgan fingerprint density at radius 1 is 1.10 bits per heavy atom. The van der Waals surface area contributed by atoms with E-state index >= 15 is 0 Å². The van der Waals surface area contributed by atoms with Crippen molar-refractivity contribution in [3.05, 3.63) is 29.8 Å². The number of rotatable bonds is 6. The van der Waals surface area contributed by atoms with Gasteiger partial charge >= 0.3 is 6.03 Å². The summed E-state index contributed by atoms with van der Waals surface area (Å²) < 4.78 is 32.9. The van der Waals surface area contributed by atoms with Gasteiger partial charge in [-0.3, -0.25) is 0 Å². The number of sulfonamides is 1. The molecule has 1 heterocycles. The van der Waals surface area contributed by atoms with Gasteiger partial charge in [0.25, 0.3) is 0 Å². The number of benzene rings is 1. The Labute approximate surface area is 173 Å². The second-order valence-corrected chi connectivity index (χ2v) is 10.8. The first-order chi connectivity index (χ1) is 14.0. The molecule has 0 aromatic heterocycles. The molecule has 2 N–H and O–H groups in total. The third-order valence-electron chi connectivity index (χ3n) is 6.82. The van der Waals surface area contributed by atoms with Crippen LogP contribution in [0.15, 0.2) is 24.3 Å². The molecule has 0 radical (unpaired) electrons. The van der Waals surface area contributed by atoms with Crippen LogP contribution in [0.25, 0.3) is 0 Å². The summed E-state index contributed by atoms with van der Waals surface area (Å²) in [6.07, 6.45) is 5.54. The van der Waals surface area contributed by atoms with Crippen LogP contribution in [0, 0.1) is 11.8 Å². The molecule has 3 atom stereocenters. The van der Waals surface area contributed by atoms with Crippen molar-refractivity contribution in [2.24, 2.45) is 11.8 Å². The maximum absolute atomic E-state index is 13.0. The summed E-state index contributed by atoms with van der Waals surface area (Å²) in [6.45, 7) is 1.44. The molecule has 4 rings (SSSR count). The lowest BCUT2D eigenvalue weighted by atomic mass is 10.0. The van der Waals surface area contributed by atoms with Gasteiger partial charge in [0.2, 0.25) is 10.0 Å². The van der Waals surface area contributed by atoms with Gasteiger partial charge in [-0.1, -0.05) is 18.6 Å². The van der Waals surface area contributed by atoms with Crippen molar-refractivity contribution in [3.63, 3.8) is 0 Å². The minimum Gasteiger partial charge on any atom is -0.497 e. The van der Waals surface area contributed by atoms with Crippen molar-refractivity contribution in [2.75, 3.05) is 20.2 Å². The molecule has 3 unspecified atom stereocenters. The van der Waals surface area contributed by atoms with Crippen molar-refractivity contribution < 1.29 is 17.9 Å². The van der Waals surface area contributed by atoms with Crippen molar-refractivity contribution >= 4 is 16.1 Å². The van der Waals surface area contributed by atoms with Crippen LogP contribution in [0.1, 0.15) is 44.1 Å². The first-order valence-electron chi connectivity index (χ1n) is 10.6. The van der Waals surface area contributed by atoms with Crippen LogP contribution in [-0.2, 0) is 16.6 Å². The fourth-order valence-corrected chi connectivity index (χ4v) is 7.51. The molecule has 1 aliphatic heterocycles. The third kappa shape index (κ3) is 4.53. The second-order valence-electron chi connectivity index (χ2n) is 8.61. The Morgan fingerprint density at radius 3 is 2.41 bits per heavy atom. The lowest BCUT2D eigenvalue weighted by molar-refractivity contribution is 0.226. The third-order valence-corrected chi connectivity index (χ3v) is 9.24. The number of hydrogen-bond acceptors (Lipinski definition) is 4. The number of methoxy groups -OCH3 is 1. The van der Waals surface area contributed by atoms with E-state index < -0.39 is 10.0 Å². The summed E-state index contributed by atoms with van der Waals surface area (Å²) in [6, 6.07) is 7.35. The number of urea groups is 1. The van der Waals surface area contributed by atoms with E-state index in [1.165, 1.54) is 6.42 Å². The van der Waals surface area contributed by atoms with E-state index in [4.69, 9.17) is 4.74 Å². The predicted molar refractivity (Wildman–Crippen MR) is 111 cm³/mol. The van der Waals surface area contributed by atoms with Crippen molar-refractivity contribution in [3.8, 4) is 5.75 Å². The van der Waals surface area contributed by atoms with Gasteiger partial charge in [-0.05, 0) is 61.6 Å². The fraction of sp³-hybridized carbons (Fsp3) is 0.667. The quantitative estimate of drug-likeness (QED) is 0.739. The highest BCUT2D eigenvalue weighted by Crippen LogP contribution is 2.48. The molecule has 2 saturated carbocycles. The predicted octanol–water partition coefficient (Wildman–Crippen LogP) is 2.48. The molecule has 7 nitrogen and oxygen atoms in total. The van der Waals surface area contributed by atoms with Crippen LogP contribution < -0.4 is 15.4 Å². The maximum atomic E-state index is 13.0. The highest BCUT2D eigenvalue weighted by Gasteiger charge is 2.48. The number of carbonyl (C=O) groups excluding carboxylic acids is 1. The number of carbonyl (C=O) groups is 1. The van der Waals surface area contributed by atoms with E-state index in [1.807, 2.05) is 24.3 Å². The zero-order valence-corrected chi connectivity index (χ0v) is 17.8. The zero-order valence-electron chi connectivity index (χ0n) is 17.0. The van der Waals surface area contributed by atoms with Crippen LogP contribution >= 0.6 is 0 Å². The van der Waals surface area contributed by atoms with Crippen LogP contribution in [0.3, 0.4) is 0 Å². The topological polar surface area (TPSA) is 87.7 Å². The van der Waals surface area contributed by atoms with Gasteiger partial charge in [0.15, 0.2) is 0 Å². The van der Waals surface area contributed by atoms with Crippen LogP contribution in [0.4, 0.5) is 4.79 Å². The van der Waals surface area contributed by atoms with Crippen LogP contribution in [0.2, 0.25) is 0 Å². The summed E-state index contributed by atoms with van der Waals surface area (Å²) in [5.41, 5.74) is 0.993. The molecule has 2 amide bonds. The van der Waals surface area contributed by atoms with Gasteiger partial charge in [-0.25, -0.2) is 17.5 Å². The number of amides is 2. The summed E-state index contributed by atoms with van der Waals surface area (Å²) in [4.78, 5) is 12.2. The minimum absolute atomic E-state index is 0.0114. The molecule has 2 bridgehead atoms. The van der Waals surface area contributed by atoms with E-state index in [9.17, 15) is 13.2 Å². The number of hydrogen-bond donors (Lipinski definition) is 2. The average molecular weight is 422 g/mol. The molecule has 0 spiro atoms.